The number of H-pyrrole nitrogens is 1. The topological polar surface area (TPSA) is 107 Å². The first-order chi connectivity index (χ1) is 14.0. The van der Waals surface area contributed by atoms with Crippen LogP contribution in [0.15, 0.2) is 65.8 Å². The van der Waals surface area contributed by atoms with Crippen LogP contribution in [0.25, 0.3) is 17.2 Å². The van der Waals surface area contributed by atoms with E-state index >= 15 is 0 Å². The minimum Gasteiger partial charge on any atom is -0.258 e. The summed E-state index contributed by atoms with van der Waals surface area (Å²) in [6, 6.07) is 18.0. The van der Waals surface area contributed by atoms with E-state index in [1.807, 2.05) is 43.3 Å². The number of nitrogens with zero attached hydrogens (tertiary/aromatic N) is 6. The molecule has 1 N–H and O–H groups in total. The normalized spacial score (nSPS) is 11.2. The summed E-state index contributed by atoms with van der Waals surface area (Å²) in [7, 11) is 0. The summed E-state index contributed by atoms with van der Waals surface area (Å²) in [6.45, 7) is 1.88. The Kier molecular flexibility index (Phi) is 4.83. The summed E-state index contributed by atoms with van der Waals surface area (Å²) in [5.41, 5.74) is 2.88. The third kappa shape index (κ3) is 3.60. The van der Waals surface area contributed by atoms with Crippen molar-refractivity contribution in [3.63, 3.8) is 0 Å². The first-order valence-electron chi connectivity index (χ1n) is 8.62. The number of nitro groups is 1. The van der Waals surface area contributed by atoms with Gasteiger partial charge in [0, 0.05) is 11.6 Å². The summed E-state index contributed by atoms with van der Waals surface area (Å²) in [4.78, 5) is 10.8. The second kappa shape index (κ2) is 7.60. The molecule has 0 bridgehead atoms. The van der Waals surface area contributed by atoms with Crippen molar-refractivity contribution in [3.05, 3.63) is 86.8 Å². The lowest BCUT2D eigenvalue weighted by Crippen LogP contribution is -2.07. The van der Waals surface area contributed by atoms with E-state index < -0.39 is 4.92 Å². The summed E-state index contributed by atoms with van der Waals surface area (Å²) in [5.74, 6) is 0.344. The van der Waals surface area contributed by atoms with Crippen LogP contribution in [0.5, 0.6) is 0 Å². The van der Waals surface area contributed by atoms with Gasteiger partial charge in [0.05, 0.1) is 28.1 Å². The average molecular weight is 405 g/mol. The van der Waals surface area contributed by atoms with Crippen molar-refractivity contribution < 1.29 is 4.92 Å². The SMILES string of the molecule is Cc1cc(-c2ccccc2)n(-c2n[nH]c(=S)n2/N=C/c2ccccc2[N+](=O)[O-])n1. The molecule has 0 spiro atoms. The Morgan fingerprint density at radius 1 is 1.17 bits per heavy atom. The zero-order valence-corrected chi connectivity index (χ0v) is 16.1. The Labute approximate surface area is 170 Å². The highest BCUT2D eigenvalue weighted by atomic mass is 32.1. The van der Waals surface area contributed by atoms with Crippen LogP contribution >= 0.6 is 12.2 Å². The molecule has 0 aliphatic heterocycles. The lowest BCUT2D eigenvalue weighted by atomic mass is 10.1. The molecular weight excluding hydrogens is 390 g/mol. The largest absolute Gasteiger partial charge is 0.278 e. The van der Waals surface area contributed by atoms with E-state index in [2.05, 4.69) is 20.4 Å². The number of hydrogen-bond acceptors (Lipinski definition) is 6. The molecule has 0 unspecified atom stereocenters. The molecule has 10 heteroatoms. The lowest BCUT2D eigenvalue weighted by molar-refractivity contribution is -0.385. The van der Waals surface area contributed by atoms with E-state index in [4.69, 9.17) is 12.2 Å². The predicted molar refractivity (Wildman–Crippen MR) is 111 cm³/mol. The molecule has 0 fully saturated rings. The second-order valence-corrected chi connectivity index (χ2v) is 6.54. The summed E-state index contributed by atoms with van der Waals surface area (Å²) >= 11 is 5.30. The van der Waals surface area contributed by atoms with Crippen LogP contribution in [0.4, 0.5) is 5.69 Å². The lowest BCUT2D eigenvalue weighted by Gasteiger charge is -2.06. The third-order valence-electron chi connectivity index (χ3n) is 4.17. The Balaban J connectivity index is 1.81. The van der Waals surface area contributed by atoms with Gasteiger partial charge >= 0.3 is 0 Å². The van der Waals surface area contributed by atoms with Crippen molar-refractivity contribution in [3.8, 4) is 17.2 Å². The molecule has 0 atom stereocenters. The molecule has 0 amide bonds. The number of aromatic nitrogens is 5. The van der Waals surface area contributed by atoms with Gasteiger partial charge in [0.15, 0.2) is 0 Å². The van der Waals surface area contributed by atoms with Gasteiger partial charge in [-0.3, -0.25) is 10.1 Å². The highest BCUT2D eigenvalue weighted by Gasteiger charge is 2.16. The summed E-state index contributed by atoms with van der Waals surface area (Å²) in [5, 5.41) is 27.0. The first-order valence-corrected chi connectivity index (χ1v) is 9.03. The minimum absolute atomic E-state index is 0.0484. The van der Waals surface area contributed by atoms with Crippen LogP contribution in [-0.2, 0) is 0 Å². The molecule has 144 valence electrons. The van der Waals surface area contributed by atoms with Crippen LogP contribution < -0.4 is 0 Å². The fourth-order valence-electron chi connectivity index (χ4n) is 2.87. The molecule has 29 heavy (non-hydrogen) atoms. The van der Waals surface area contributed by atoms with Gasteiger partial charge in [-0.1, -0.05) is 42.5 Å². The Bertz CT molecular complexity index is 1270. The number of aryl methyl sites for hydroxylation is 1. The minimum atomic E-state index is -0.457. The summed E-state index contributed by atoms with van der Waals surface area (Å²) < 4.78 is 3.25. The van der Waals surface area contributed by atoms with E-state index in [0.717, 1.165) is 17.0 Å². The fraction of sp³-hybridized carbons (Fsp3) is 0.0526. The van der Waals surface area contributed by atoms with Crippen molar-refractivity contribution in [2.45, 2.75) is 6.92 Å². The van der Waals surface area contributed by atoms with E-state index in [9.17, 15) is 10.1 Å². The smallest absolute Gasteiger partial charge is 0.258 e. The molecule has 0 aliphatic rings. The molecular formula is C19H15N7O2S. The maximum absolute atomic E-state index is 11.2. The molecule has 4 rings (SSSR count). The molecule has 2 aromatic heterocycles. The number of benzene rings is 2. The fourth-order valence-corrected chi connectivity index (χ4v) is 3.05. The first kappa shape index (κ1) is 18.4. The maximum atomic E-state index is 11.2. The van der Waals surface area contributed by atoms with Gasteiger partial charge in [-0.15, -0.1) is 5.10 Å². The van der Waals surface area contributed by atoms with Crippen LogP contribution in [-0.4, -0.2) is 35.8 Å². The monoisotopic (exact) mass is 405 g/mol. The maximum Gasteiger partial charge on any atom is 0.278 e. The van der Waals surface area contributed by atoms with Crippen molar-refractivity contribution >= 4 is 24.1 Å². The highest BCUT2D eigenvalue weighted by Crippen LogP contribution is 2.23. The standard InChI is InChI=1S/C19H15N7O2S/c1-13-11-17(14-7-3-2-4-8-14)24(23-13)18-21-22-19(29)25(18)20-12-15-9-5-6-10-16(15)26(27)28/h2-12H,1H3,(H,22,29)/b20-12+. The molecule has 0 saturated carbocycles. The van der Waals surface area contributed by atoms with Crippen molar-refractivity contribution in [1.82, 2.24) is 24.7 Å². The van der Waals surface area contributed by atoms with Crippen LogP contribution in [0.1, 0.15) is 11.3 Å². The molecule has 2 heterocycles. The molecule has 9 nitrogen and oxygen atoms in total. The van der Waals surface area contributed by atoms with Crippen molar-refractivity contribution in [2.75, 3.05) is 0 Å². The number of para-hydroxylation sites is 1. The van der Waals surface area contributed by atoms with Gasteiger partial charge in [-0.2, -0.15) is 19.6 Å². The van der Waals surface area contributed by atoms with E-state index in [1.54, 1.807) is 22.9 Å². The van der Waals surface area contributed by atoms with Crippen LogP contribution in [0.2, 0.25) is 0 Å². The van der Waals surface area contributed by atoms with E-state index in [1.165, 1.54) is 17.0 Å². The van der Waals surface area contributed by atoms with Gasteiger partial charge in [-0.25, -0.2) is 5.10 Å². The van der Waals surface area contributed by atoms with Gasteiger partial charge in [0.2, 0.25) is 4.77 Å². The van der Waals surface area contributed by atoms with Gasteiger partial charge in [-0.05, 0) is 31.3 Å². The summed E-state index contributed by atoms with van der Waals surface area (Å²) in [6.07, 6.45) is 1.38. The van der Waals surface area contributed by atoms with Crippen LogP contribution in [0.3, 0.4) is 0 Å². The number of hydrogen-bond donors (Lipinski definition) is 1. The van der Waals surface area contributed by atoms with Crippen molar-refractivity contribution in [2.24, 2.45) is 5.10 Å². The third-order valence-corrected chi connectivity index (χ3v) is 4.43. The molecule has 0 aliphatic carbocycles. The highest BCUT2D eigenvalue weighted by molar-refractivity contribution is 7.71. The van der Waals surface area contributed by atoms with Crippen molar-refractivity contribution in [1.29, 1.82) is 0 Å². The number of rotatable bonds is 5. The van der Waals surface area contributed by atoms with Gasteiger partial charge in [0.1, 0.15) is 0 Å². The molecule has 4 aromatic rings. The number of nitrogens with one attached hydrogen (secondary N) is 1. The second-order valence-electron chi connectivity index (χ2n) is 6.15. The average Bonchev–Trinajstić information content (AvgIpc) is 3.29. The van der Waals surface area contributed by atoms with Crippen LogP contribution in [0, 0.1) is 21.8 Å². The predicted octanol–water partition coefficient (Wildman–Crippen LogP) is 3.89. The Hall–Kier alpha value is -3.92. The molecule has 0 saturated heterocycles. The van der Waals surface area contributed by atoms with E-state index in [0.29, 0.717) is 11.5 Å². The molecule has 0 radical (unpaired) electrons. The number of nitro benzene ring substituents is 1. The Morgan fingerprint density at radius 2 is 1.90 bits per heavy atom. The zero-order valence-electron chi connectivity index (χ0n) is 15.3. The zero-order chi connectivity index (χ0) is 20.4. The van der Waals surface area contributed by atoms with E-state index in [-0.39, 0.29) is 10.5 Å². The quantitative estimate of drug-likeness (QED) is 0.235. The Morgan fingerprint density at radius 3 is 2.66 bits per heavy atom. The van der Waals surface area contributed by atoms with Gasteiger partial charge in [0.25, 0.3) is 11.6 Å². The van der Waals surface area contributed by atoms with Gasteiger partial charge < -0.3 is 0 Å². The molecule has 2 aromatic carbocycles. The number of aromatic amines is 1.